The molecule has 2 aliphatic carbocycles. The first-order valence-electron chi connectivity index (χ1n) is 20.8. The average Bonchev–Trinajstić information content (AvgIpc) is 3.13. The van der Waals surface area contributed by atoms with Gasteiger partial charge in [-0.1, -0.05) is 65.8 Å². The van der Waals surface area contributed by atoms with Crippen LogP contribution in [0.25, 0.3) is 21.5 Å². The maximum atomic E-state index is 11.6. The summed E-state index contributed by atoms with van der Waals surface area (Å²) in [5.41, 5.74) is 5.23. The molecule has 4 aromatic rings. The van der Waals surface area contributed by atoms with Crippen molar-refractivity contribution in [3.8, 4) is 11.5 Å². The number of aryl methyl sites for hydroxylation is 2. The Labute approximate surface area is 330 Å². The van der Waals surface area contributed by atoms with Crippen LogP contribution < -0.4 is 9.47 Å². The van der Waals surface area contributed by atoms with Gasteiger partial charge in [0, 0.05) is 25.2 Å². The highest BCUT2D eigenvalue weighted by molar-refractivity contribution is 5.92. The summed E-state index contributed by atoms with van der Waals surface area (Å²) in [6.45, 7) is 20.8. The molecule has 4 aromatic carbocycles. The molecule has 0 unspecified atom stereocenters. The maximum Gasteiger partial charge on any atom is 0.311 e. The van der Waals surface area contributed by atoms with Crippen molar-refractivity contribution in [3.05, 3.63) is 82.9 Å². The van der Waals surface area contributed by atoms with Gasteiger partial charge in [0.05, 0.1) is 25.2 Å². The predicted molar refractivity (Wildman–Crippen MR) is 225 cm³/mol. The highest BCUT2D eigenvalue weighted by atomic mass is 16.5. The molecule has 0 N–H and O–H groups in total. The lowest BCUT2D eigenvalue weighted by Crippen LogP contribution is -2.49. The van der Waals surface area contributed by atoms with Gasteiger partial charge in [-0.25, -0.2) is 0 Å². The van der Waals surface area contributed by atoms with Crippen molar-refractivity contribution in [1.29, 1.82) is 0 Å². The van der Waals surface area contributed by atoms with Crippen LogP contribution in [-0.2, 0) is 16.1 Å². The van der Waals surface area contributed by atoms with Crippen molar-refractivity contribution < 1.29 is 23.8 Å². The Morgan fingerprint density at radius 3 is 1.60 bits per heavy atom. The molecule has 2 saturated carbocycles. The number of benzene rings is 4. The van der Waals surface area contributed by atoms with Gasteiger partial charge >= 0.3 is 5.97 Å². The van der Waals surface area contributed by atoms with Crippen LogP contribution in [0, 0.1) is 42.4 Å². The van der Waals surface area contributed by atoms with Gasteiger partial charge in [-0.2, -0.15) is 0 Å². The number of hydrogen-bond donors (Lipinski definition) is 0. The molecule has 6 nitrogen and oxygen atoms in total. The van der Waals surface area contributed by atoms with E-state index in [4.69, 9.17) is 14.2 Å². The Morgan fingerprint density at radius 2 is 1.15 bits per heavy atom. The summed E-state index contributed by atoms with van der Waals surface area (Å²) in [7, 11) is 1.46. The second kappa shape index (κ2) is 17.1. The largest absolute Gasteiger partial charge is 0.490 e. The van der Waals surface area contributed by atoms with Crippen molar-refractivity contribution in [2.24, 2.45) is 28.6 Å². The number of carbonyl (C=O) groups excluding carboxylic acids is 2. The molecule has 1 heterocycles. The first-order chi connectivity index (χ1) is 26.1. The molecule has 6 heteroatoms. The number of hydrogen-bond acceptors (Lipinski definition) is 6. The molecule has 0 spiro atoms. The Morgan fingerprint density at radius 1 is 0.673 bits per heavy atom. The third-order valence-corrected chi connectivity index (χ3v) is 12.8. The van der Waals surface area contributed by atoms with Crippen LogP contribution in [0.4, 0.5) is 0 Å². The lowest BCUT2D eigenvalue weighted by Gasteiger charge is -2.37. The van der Waals surface area contributed by atoms with E-state index in [1.54, 1.807) is 0 Å². The number of nitrogens with zero attached hydrogens (tertiary/aromatic N) is 1. The SMILES string of the molecule is COC(=O)C1CN(Cc2ccc3cc(OC4CCC(C(C)(C)C)CC4)cc(C)c3c2)C1.Cc1cc(OC2CCC(C(C)(C)C)CC2)cc2ccc(C=O)cc12. The fourth-order valence-electron chi connectivity index (χ4n) is 9.14. The molecular formula is C49H65NO5. The molecule has 0 atom stereocenters. The fourth-order valence-corrected chi connectivity index (χ4v) is 9.14. The number of esters is 1. The van der Waals surface area contributed by atoms with E-state index in [0.29, 0.717) is 23.0 Å². The first kappa shape index (κ1) is 40.8. The number of ether oxygens (including phenoxy) is 3. The van der Waals surface area contributed by atoms with Gasteiger partial charge < -0.3 is 14.2 Å². The number of rotatable bonds is 8. The first-order valence-corrected chi connectivity index (χ1v) is 20.8. The molecule has 0 bridgehead atoms. The number of likely N-dealkylation sites (tertiary alicyclic amines) is 1. The topological polar surface area (TPSA) is 65.1 Å². The molecule has 1 aliphatic heterocycles. The van der Waals surface area contributed by atoms with E-state index >= 15 is 0 Å². The summed E-state index contributed by atoms with van der Waals surface area (Å²) < 4.78 is 17.5. The highest BCUT2D eigenvalue weighted by Crippen LogP contribution is 2.41. The molecule has 3 aliphatic rings. The summed E-state index contributed by atoms with van der Waals surface area (Å²) >= 11 is 0. The number of carbonyl (C=O) groups is 2. The fraction of sp³-hybridized carbons (Fsp3) is 0.551. The van der Waals surface area contributed by atoms with Crippen molar-refractivity contribution in [1.82, 2.24) is 4.90 Å². The summed E-state index contributed by atoms with van der Waals surface area (Å²) in [6.07, 6.45) is 11.2. The van der Waals surface area contributed by atoms with E-state index in [0.717, 1.165) is 96.8 Å². The lowest BCUT2D eigenvalue weighted by molar-refractivity contribution is -0.151. The molecule has 7 rings (SSSR count). The molecule has 0 aromatic heterocycles. The predicted octanol–water partition coefficient (Wildman–Crippen LogP) is 11.7. The molecular weight excluding hydrogens is 683 g/mol. The Kier molecular flexibility index (Phi) is 12.7. The molecule has 1 saturated heterocycles. The summed E-state index contributed by atoms with van der Waals surface area (Å²) in [5, 5.41) is 4.78. The number of aldehydes is 1. The van der Waals surface area contributed by atoms with Gasteiger partial charge in [0.2, 0.25) is 0 Å². The molecule has 0 amide bonds. The van der Waals surface area contributed by atoms with Crippen LogP contribution in [0.2, 0.25) is 0 Å². The lowest BCUT2D eigenvalue weighted by atomic mass is 9.72. The van der Waals surface area contributed by atoms with Crippen molar-refractivity contribution in [2.45, 2.75) is 126 Å². The van der Waals surface area contributed by atoms with E-state index in [-0.39, 0.29) is 11.9 Å². The average molecular weight is 748 g/mol. The van der Waals surface area contributed by atoms with Gasteiger partial charge in [-0.05, 0) is 163 Å². The van der Waals surface area contributed by atoms with E-state index in [9.17, 15) is 9.59 Å². The van der Waals surface area contributed by atoms with Crippen molar-refractivity contribution >= 4 is 33.8 Å². The van der Waals surface area contributed by atoms with E-state index in [1.165, 1.54) is 54.7 Å². The Balaban J connectivity index is 0.000000193. The normalized spacial score (nSPS) is 22.3. The number of fused-ring (bicyclic) bond motifs is 2. The molecule has 55 heavy (non-hydrogen) atoms. The number of methoxy groups -OCH3 is 1. The van der Waals surface area contributed by atoms with E-state index in [2.05, 4.69) is 103 Å². The minimum Gasteiger partial charge on any atom is -0.490 e. The standard InChI is InChI=1S/C27H37NO3.C22H28O2/c1-18-12-24(31-23-10-8-22(9-11-23)27(2,3)4)14-20-7-6-19(13-25(18)20)15-28-16-21(17-28)26(29)30-5;1-15-11-20(13-17-6-5-16(14-23)12-21(15)17)24-19-9-7-18(8-10-19)22(2,3)4/h6-7,12-14,21-23H,8-11,15-17H2,1-5H3;5-6,11-14,18-19H,7-10H2,1-4H3. The molecule has 296 valence electrons. The third kappa shape index (κ3) is 10.3. The minimum absolute atomic E-state index is 0.0327. The zero-order valence-electron chi connectivity index (χ0n) is 35.0. The van der Waals surface area contributed by atoms with E-state index in [1.807, 2.05) is 18.2 Å². The summed E-state index contributed by atoms with van der Waals surface area (Å²) in [5.74, 6) is 3.50. The van der Waals surface area contributed by atoms with Crippen LogP contribution in [0.5, 0.6) is 11.5 Å². The Bertz CT molecular complexity index is 1950. The maximum absolute atomic E-state index is 11.6. The molecule has 0 radical (unpaired) electrons. The Hall–Kier alpha value is -3.90. The minimum atomic E-state index is -0.0926. The quantitative estimate of drug-likeness (QED) is 0.132. The zero-order chi connectivity index (χ0) is 39.5. The second-order valence-corrected chi connectivity index (χ2v) is 19.0. The van der Waals surface area contributed by atoms with Crippen molar-refractivity contribution in [3.63, 3.8) is 0 Å². The van der Waals surface area contributed by atoms with Crippen LogP contribution in [0.15, 0.2) is 60.7 Å². The van der Waals surface area contributed by atoms with Crippen molar-refractivity contribution in [2.75, 3.05) is 20.2 Å². The highest BCUT2D eigenvalue weighted by Gasteiger charge is 2.34. The van der Waals surface area contributed by atoms with Gasteiger partial charge in [0.1, 0.15) is 17.8 Å². The van der Waals surface area contributed by atoms with Gasteiger partial charge in [-0.3, -0.25) is 14.5 Å². The second-order valence-electron chi connectivity index (χ2n) is 19.0. The summed E-state index contributed by atoms with van der Waals surface area (Å²) in [4.78, 5) is 24.8. The monoisotopic (exact) mass is 747 g/mol. The van der Waals surface area contributed by atoms with Gasteiger partial charge in [0.25, 0.3) is 0 Å². The smallest absolute Gasteiger partial charge is 0.311 e. The summed E-state index contributed by atoms with van der Waals surface area (Å²) in [6, 6.07) is 21.1. The van der Waals surface area contributed by atoms with Crippen LogP contribution in [0.1, 0.15) is 120 Å². The third-order valence-electron chi connectivity index (χ3n) is 12.8. The van der Waals surface area contributed by atoms with Gasteiger partial charge in [-0.15, -0.1) is 0 Å². The zero-order valence-corrected chi connectivity index (χ0v) is 35.0. The molecule has 3 fully saturated rings. The van der Waals surface area contributed by atoms with Crippen LogP contribution in [0.3, 0.4) is 0 Å². The van der Waals surface area contributed by atoms with Gasteiger partial charge in [0.15, 0.2) is 0 Å². The van der Waals surface area contributed by atoms with Crippen LogP contribution >= 0.6 is 0 Å². The van der Waals surface area contributed by atoms with Crippen LogP contribution in [-0.4, -0.2) is 49.6 Å². The van der Waals surface area contributed by atoms with E-state index < -0.39 is 0 Å².